The molecule has 0 amide bonds. The third kappa shape index (κ3) is 3.28. The first-order valence-electron chi connectivity index (χ1n) is 6.89. The van der Waals surface area contributed by atoms with Crippen molar-refractivity contribution in [2.24, 2.45) is 5.92 Å². The molecule has 0 unspecified atom stereocenters. The second-order valence-electron chi connectivity index (χ2n) is 5.73. The monoisotopic (exact) mass is 281 g/mol. The van der Waals surface area contributed by atoms with Crippen molar-refractivity contribution in [3.8, 4) is 0 Å². The van der Waals surface area contributed by atoms with Crippen LogP contribution in [0.1, 0.15) is 43.0 Å². The zero-order valence-electron chi connectivity index (χ0n) is 11.5. The predicted octanol–water partition coefficient (Wildman–Crippen LogP) is 2.88. The summed E-state index contributed by atoms with van der Waals surface area (Å²) in [6.07, 6.45) is 3.17. The van der Waals surface area contributed by atoms with E-state index in [1.807, 2.05) is 0 Å². The molecule has 1 aromatic carbocycles. The number of carboxylic acid groups (broad SMARTS) is 1. The third-order valence-electron chi connectivity index (χ3n) is 4.04. The molecule has 0 atom stereocenters. The molecule has 0 radical (unpaired) electrons. The SMILES string of the molecule is CC1CCC(O)(CNc2c(F)cccc2C(=O)O)CC1. The normalized spacial score (nSPS) is 26.2. The average molecular weight is 281 g/mol. The molecule has 1 saturated carbocycles. The van der Waals surface area contributed by atoms with Gasteiger partial charge < -0.3 is 15.5 Å². The summed E-state index contributed by atoms with van der Waals surface area (Å²) >= 11 is 0. The Morgan fingerprint density at radius 3 is 2.70 bits per heavy atom. The van der Waals surface area contributed by atoms with Crippen molar-refractivity contribution in [2.45, 2.75) is 38.2 Å². The highest BCUT2D eigenvalue weighted by molar-refractivity contribution is 5.94. The van der Waals surface area contributed by atoms with E-state index in [4.69, 9.17) is 5.11 Å². The van der Waals surface area contributed by atoms with E-state index in [0.29, 0.717) is 18.8 Å². The summed E-state index contributed by atoms with van der Waals surface area (Å²) in [5, 5.41) is 22.3. The predicted molar refractivity (Wildman–Crippen MR) is 74.4 cm³/mol. The first-order chi connectivity index (χ1) is 9.41. The van der Waals surface area contributed by atoms with Gasteiger partial charge in [-0.2, -0.15) is 0 Å². The number of hydrogen-bond donors (Lipinski definition) is 3. The van der Waals surface area contributed by atoms with Crippen LogP contribution in [0, 0.1) is 11.7 Å². The van der Waals surface area contributed by atoms with Gasteiger partial charge in [-0.1, -0.05) is 13.0 Å². The van der Waals surface area contributed by atoms with E-state index in [-0.39, 0.29) is 17.8 Å². The van der Waals surface area contributed by atoms with E-state index in [9.17, 15) is 14.3 Å². The zero-order chi connectivity index (χ0) is 14.8. The molecular weight excluding hydrogens is 261 g/mol. The number of carboxylic acids is 1. The molecule has 1 aliphatic rings. The molecule has 1 aromatic rings. The van der Waals surface area contributed by atoms with Gasteiger partial charge in [0.1, 0.15) is 5.82 Å². The average Bonchev–Trinajstić information content (AvgIpc) is 2.41. The number of hydrogen-bond acceptors (Lipinski definition) is 3. The molecule has 20 heavy (non-hydrogen) atoms. The Morgan fingerprint density at radius 2 is 2.10 bits per heavy atom. The minimum absolute atomic E-state index is 0.0490. The maximum atomic E-state index is 13.7. The summed E-state index contributed by atoms with van der Waals surface area (Å²) in [7, 11) is 0. The van der Waals surface area contributed by atoms with Crippen LogP contribution < -0.4 is 5.32 Å². The number of rotatable bonds is 4. The standard InChI is InChI=1S/C15H20FNO3/c1-10-5-7-15(20,8-6-10)9-17-13-11(14(18)19)3-2-4-12(13)16/h2-4,10,17,20H,5-9H2,1H3,(H,18,19). The first kappa shape index (κ1) is 14.8. The van der Waals surface area contributed by atoms with Gasteiger partial charge in [0.05, 0.1) is 16.9 Å². The van der Waals surface area contributed by atoms with E-state index >= 15 is 0 Å². The van der Waals surface area contributed by atoms with Gasteiger partial charge in [0.15, 0.2) is 0 Å². The van der Waals surface area contributed by atoms with Crippen LogP contribution in [-0.4, -0.2) is 28.3 Å². The number of aliphatic hydroxyl groups is 1. The van der Waals surface area contributed by atoms with Gasteiger partial charge in [0.25, 0.3) is 0 Å². The summed E-state index contributed by atoms with van der Waals surface area (Å²) in [4.78, 5) is 11.1. The highest BCUT2D eigenvalue weighted by Gasteiger charge is 2.32. The van der Waals surface area contributed by atoms with E-state index in [2.05, 4.69) is 12.2 Å². The van der Waals surface area contributed by atoms with Crippen LogP contribution in [0.4, 0.5) is 10.1 Å². The number of anilines is 1. The molecule has 0 spiro atoms. The lowest BCUT2D eigenvalue weighted by atomic mass is 9.79. The van der Waals surface area contributed by atoms with Gasteiger partial charge in [0.2, 0.25) is 0 Å². The number of halogens is 1. The van der Waals surface area contributed by atoms with Crippen molar-refractivity contribution < 1.29 is 19.4 Å². The molecule has 0 aliphatic heterocycles. The van der Waals surface area contributed by atoms with E-state index in [0.717, 1.165) is 12.8 Å². The molecule has 110 valence electrons. The van der Waals surface area contributed by atoms with Crippen molar-refractivity contribution >= 4 is 11.7 Å². The molecule has 5 heteroatoms. The van der Waals surface area contributed by atoms with Crippen LogP contribution in [0.25, 0.3) is 0 Å². The van der Waals surface area contributed by atoms with E-state index in [1.165, 1.54) is 18.2 Å². The van der Waals surface area contributed by atoms with E-state index < -0.39 is 17.4 Å². The van der Waals surface area contributed by atoms with Crippen LogP contribution in [0.3, 0.4) is 0 Å². The summed E-state index contributed by atoms with van der Waals surface area (Å²) in [6, 6.07) is 3.92. The number of aromatic carboxylic acids is 1. The summed E-state index contributed by atoms with van der Waals surface area (Å²) in [5.41, 5.74) is -1.05. The lowest BCUT2D eigenvalue weighted by Crippen LogP contribution is -2.40. The van der Waals surface area contributed by atoms with Crippen LogP contribution in [-0.2, 0) is 0 Å². The van der Waals surface area contributed by atoms with Crippen LogP contribution >= 0.6 is 0 Å². The molecule has 0 heterocycles. The highest BCUT2D eigenvalue weighted by atomic mass is 19.1. The molecule has 4 nitrogen and oxygen atoms in total. The molecule has 0 saturated heterocycles. The Labute approximate surface area is 117 Å². The third-order valence-corrected chi connectivity index (χ3v) is 4.04. The van der Waals surface area contributed by atoms with Gasteiger partial charge >= 0.3 is 5.97 Å². The van der Waals surface area contributed by atoms with E-state index in [1.54, 1.807) is 0 Å². The quantitative estimate of drug-likeness (QED) is 0.793. The number of para-hydroxylation sites is 1. The fraction of sp³-hybridized carbons (Fsp3) is 0.533. The fourth-order valence-electron chi connectivity index (χ4n) is 2.61. The molecular formula is C15H20FNO3. The summed E-state index contributed by atoms with van der Waals surface area (Å²) in [5.74, 6) is -1.20. The fourth-order valence-corrected chi connectivity index (χ4v) is 2.61. The molecule has 0 aromatic heterocycles. The highest BCUT2D eigenvalue weighted by Crippen LogP contribution is 2.32. The first-order valence-corrected chi connectivity index (χ1v) is 6.89. The number of carbonyl (C=O) groups is 1. The number of nitrogens with one attached hydrogen (secondary N) is 1. The lowest BCUT2D eigenvalue weighted by Gasteiger charge is -2.35. The second kappa shape index (κ2) is 5.79. The topological polar surface area (TPSA) is 69.6 Å². The van der Waals surface area contributed by atoms with Crippen LogP contribution in [0.15, 0.2) is 18.2 Å². The molecule has 1 aliphatic carbocycles. The lowest BCUT2D eigenvalue weighted by molar-refractivity contribution is 0.00492. The van der Waals surface area contributed by atoms with Gasteiger partial charge in [-0.25, -0.2) is 9.18 Å². The molecule has 1 fully saturated rings. The largest absolute Gasteiger partial charge is 0.478 e. The van der Waals surface area contributed by atoms with Crippen LogP contribution in [0.5, 0.6) is 0 Å². The maximum absolute atomic E-state index is 13.7. The van der Waals surface area contributed by atoms with Gasteiger partial charge in [-0.05, 0) is 43.7 Å². The maximum Gasteiger partial charge on any atom is 0.337 e. The smallest absolute Gasteiger partial charge is 0.337 e. The van der Waals surface area contributed by atoms with Gasteiger partial charge in [0, 0.05) is 6.54 Å². The van der Waals surface area contributed by atoms with Crippen molar-refractivity contribution in [3.05, 3.63) is 29.6 Å². The van der Waals surface area contributed by atoms with Crippen molar-refractivity contribution in [3.63, 3.8) is 0 Å². The zero-order valence-corrected chi connectivity index (χ0v) is 11.5. The van der Waals surface area contributed by atoms with Crippen molar-refractivity contribution in [2.75, 3.05) is 11.9 Å². The summed E-state index contributed by atoms with van der Waals surface area (Å²) in [6.45, 7) is 2.31. The Morgan fingerprint density at radius 1 is 1.45 bits per heavy atom. The Kier molecular flexibility index (Phi) is 4.28. The number of benzene rings is 1. The molecule has 2 rings (SSSR count). The van der Waals surface area contributed by atoms with Crippen LogP contribution in [0.2, 0.25) is 0 Å². The Hall–Kier alpha value is -1.62. The minimum Gasteiger partial charge on any atom is -0.478 e. The molecule has 3 N–H and O–H groups in total. The molecule has 0 bridgehead atoms. The van der Waals surface area contributed by atoms with Crippen molar-refractivity contribution in [1.29, 1.82) is 0 Å². The second-order valence-corrected chi connectivity index (χ2v) is 5.73. The Bertz CT molecular complexity index is 496. The van der Waals surface area contributed by atoms with Crippen molar-refractivity contribution in [1.82, 2.24) is 0 Å². The van der Waals surface area contributed by atoms with Gasteiger partial charge in [-0.15, -0.1) is 0 Å². The van der Waals surface area contributed by atoms with Gasteiger partial charge in [-0.3, -0.25) is 0 Å². The summed E-state index contributed by atoms with van der Waals surface area (Å²) < 4.78 is 13.7. The Balaban J connectivity index is 2.09. The minimum atomic E-state index is -1.18.